The Labute approximate surface area is 215 Å². The smallest absolute Gasteiger partial charge is 0.336 e. The van der Waals surface area contributed by atoms with Crippen LogP contribution in [-0.2, 0) is 23.8 Å². The molecule has 1 aliphatic heterocycles. The third-order valence-corrected chi connectivity index (χ3v) is 7.00. The number of amides is 1. The van der Waals surface area contributed by atoms with E-state index in [1.807, 2.05) is 0 Å². The summed E-state index contributed by atoms with van der Waals surface area (Å²) in [5.74, 6) is -3.09. The number of nitrogens with one attached hydrogen (secondary N) is 1. The van der Waals surface area contributed by atoms with Crippen molar-refractivity contribution >= 4 is 52.4 Å². The van der Waals surface area contributed by atoms with Crippen LogP contribution in [-0.4, -0.2) is 43.7 Å². The molecule has 2 aromatic rings. The second kappa shape index (κ2) is 11.2. The van der Waals surface area contributed by atoms with Crippen LogP contribution >= 0.6 is 34.5 Å². The van der Waals surface area contributed by atoms with Gasteiger partial charge in [0.15, 0.2) is 0 Å². The van der Waals surface area contributed by atoms with Gasteiger partial charge in [-0.1, -0.05) is 35.3 Å². The van der Waals surface area contributed by atoms with Crippen LogP contribution in [0.3, 0.4) is 0 Å². The Kier molecular flexibility index (Phi) is 8.55. The van der Waals surface area contributed by atoms with Gasteiger partial charge in [-0.15, -0.1) is 11.3 Å². The molecular weight excluding hydrogens is 517 g/mol. The average Bonchev–Trinajstić information content (AvgIpc) is 3.31. The largest absolute Gasteiger partial charge is 0.466 e. The maximum absolute atomic E-state index is 13.4. The molecule has 2 unspecified atom stereocenters. The molecule has 0 saturated heterocycles. The molecule has 0 radical (unpaired) electrons. The molecule has 1 amide bonds. The van der Waals surface area contributed by atoms with E-state index in [2.05, 4.69) is 10.3 Å². The van der Waals surface area contributed by atoms with Crippen molar-refractivity contribution in [3.05, 3.63) is 72.4 Å². The summed E-state index contributed by atoms with van der Waals surface area (Å²) in [5.41, 5.74) is 6.68. The number of hydrogen-bond donors (Lipinski definition) is 2. The van der Waals surface area contributed by atoms with Crippen LogP contribution in [0.1, 0.15) is 46.9 Å². The van der Waals surface area contributed by atoms with Gasteiger partial charge in [-0.2, -0.15) is 0 Å². The molecule has 0 saturated carbocycles. The molecule has 3 N–H and O–H groups in total. The predicted molar refractivity (Wildman–Crippen MR) is 131 cm³/mol. The molecule has 0 fully saturated rings. The number of esters is 2. The lowest BCUT2D eigenvalue weighted by molar-refractivity contribution is -0.139. The molecule has 35 heavy (non-hydrogen) atoms. The molecule has 9 nitrogen and oxygen atoms in total. The predicted octanol–water partition coefficient (Wildman–Crippen LogP) is 3.89. The van der Waals surface area contributed by atoms with Crippen molar-refractivity contribution in [1.29, 1.82) is 0 Å². The highest BCUT2D eigenvalue weighted by molar-refractivity contribution is 7.10. The second-order valence-corrected chi connectivity index (χ2v) is 9.00. The van der Waals surface area contributed by atoms with Crippen molar-refractivity contribution in [2.24, 2.45) is 5.73 Å². The van der Waals surface area contributed by atoms with Crippen LogP contribution in [0.25, 0.3) is 0 Å². The van der Waals surface area contributed by atoms with Gasteiger partial charge >= 0.3 is 11.9 Å². The molecule has 0 aliphatic carbocycles. The maximum Gasteiger partial charge on any atom is 0.336 e. The first-order chi connectivity index (χ1) is 16.7. The van der Waals surface area contributed by atoms with Crippen molar-refractivity contribution in [1.82, 2.24) is 10.3 Å². The van der Waals surface area contributed by atoms with Crippen LogP contribution in [0.4, 0.5) is 0 Å². The molecule has 2 atom stereocenters. The fourth-order valence-electron chi connectivity index (χ4n) is 3.80. The highest BCUT2D eigenvalue weighted by Crippen LogP contribution is 2.46. The number of primary amides is 1. The number of nitrogens with two attached hydrogens (primary N) is 1. The number of rotatable bonds is 8. The molecule has 0 spiro atoms. The summed E-state index contributed by atoms with van der Waals surface area (Å²) in [5, 5.41) is 5.35. The summed E-state index contributed by atoms with van der Waals surface area (Å²) < 4.78 is 16.1. The first-order valence-electron chi connectivity index (χ1n) is 10.3. The number of aromatic nitrogens is 1. The Hall–Kier alpha value is -2.92. The Morgan fingerprint density at radius 1 is 1.20 bits per heavy atom. The first-order valence-corrected chi connectivity index (χ1v) is 12.0. The summed E-state index contributed by atoms with van der Waals surface area (Å²) in [4.78, 5) is 42.2. The van der Waals surface area contributed by atoms with Gasteiger partial charge < -0.3 is 25.3 Å². The Morgan fingerprint density at radius 2 is 1.91 bits per heavy atom. The van der Waals surface area contributed by atoms with E-state index in [0.717, 1.165) is 11.3 Å². The van der Waals surface area contributed by atoms with Gasteiger partial charge in [-0.3, -0.25) is 4.79 Å². The summed E-state index contributed by atoms with van der Waals surface area (Å²) in [6.45, 7) is 3.39. The molecule has 186 valence electrons. The summed E-state index contributed by atoms with van der Waals surface area (Å²) in [6.07, 6.45) is -0.929. The molecule has 3 rings (SSSR count). The molecule has 2 heterocycles. The zero-order chi connectivity index (χ0) is 25.9. The number of thiazole rings is 1. The quantitative estimate of drug-likeness (QED) is 0.483. The van der Waals surface area contributed by atoms with E-state index in [0.29, 0.717) is 16.3 Å². The lowest BCUT2D eigenvalue weighted by atomic mass is 9.79. The van der Waals surface area contributed by atoms with E-state index < -0.39 is 29.9 Å². The Bertz CT molecular complexity index is 1240. The second-order valence-electron chi connectivity index (χ2n) is 7.33. The number of hydrogen-bond acceptors (Lipinski definition) is 9. The molecule has 1 aliphatic rings. The van der Waals surface area contributed by atoms with E-state index in [9.17, 15) is 14.4 Å². The lowest BCUT2D eigenvalue weighted by Gasteiger charge is -2.34. The number of ether oxygens (including phenoxy) is 3. The van der Waals surface area contributed by atoms with Crippen molar-refractivity contribution in [3.8, 4) is 0 Å². The van der Waals surface area contributed by atoms with Crippen LogP contribution < -0.4 is 11.1 Å². The van der Waals surface area contributed by atoms with Crippen LogP contribution in [0.15, 0.2) is 46.1 Å². The van der Waals surface area contributed by atoms with Gasteiger partial charge in [0.05, 0.1) is 46.5 Å². The topological polar surface area (TPSA) is 130 Å². The summed E-state index contributed by atoms with van der Waals surface area (Å²) in [7, 11) is 2.66. The van der Waals surface area contributed by atoms with Gasteiger partial charge in [0.25, 0.3) is 5.91 Å². The van der Waals surface area contributed by atoms with Crippen LogP contribution in [0, 0.1) is 0 Å². The SMILES string of the molecule is CCOC(=O)C1=C(C(OC)c2nc(C(N)=O)cs2)NC(C)=C(C(=O)OC)C1c1cccc(Cl)c1Cl. The number of dihydropyridines is 1. The van der Waals surface area contributed by atoms with E-state index in [4.69, 9.17) is 43.1 Å². The number of halogens is 2. The zero-order valence-corrected chi connectivity index (χ0v) is 21.6. The summed E-state index contributed by atoms with van der Waals surface area (Å²) in [6, 6.07) is 4.91. The standard InChI is InChI=1S/C23H23Cl2N3O6S/c1-5-34-23(31)16-15(11-7-6-8-12(24)17(11)25)14(22(30)33-4)10(2)27-18(16)19(32-3)21-28-13(9-35-21)20(26)29/h6-9,15,19,27H,5H2,1-4H3,(H2,26,29). The zero-order valence-electron chi connectivity index (χ0n) is 19.3. The third-order valence-electron chi connectivity index (χ3n) is 5.28. The van der Waals surface area contributed by atoms with E-state index in [1.54, 1.807) is 32.0 Å². The van der Waals surface area contributed by atoms with Crippen LogP contribution in [0.2, 0.25) is 10.0 Å². The average molecular weight is 540 g/mol. The third kappa shape index (κ3) is 5.20. The fourth-order valence-corrected chi connectivity index (χ4v) is 5.10. The minimum absolute atomic E-state index is 0.0538. The number of methoxy groups -OCH3 is 2. The van der Waals surface area contributed by atoms with Crippen LogP contribution in [0.5, 0.6) is 0 Å². The maximum atomic E-state index is 13.4. The Balaban J connectivity index is 2.35. The van der Waals surface area contributed by atoms with E-state index in [1.165, 1.54) is 19.6 Å². The monoisotopic (exact) mass is 539 g/mol. The molecule has 1 aromatic heterocycles. The minimum Gasteiger partial charge on any atom is -0.466 e. The van der Waals surface area contributed by atoms with Gasteiger partial charge in [0.1, 0.15) is 16.8 Å². The van der Waals surface area contributed by atoms with Crippen molar-refractivity contribution in [2.45, 2.75) is 25.9 Å². The van der Waals surface area contributed by atoms with Gasteiger partial charge in [-0.05, 0) is 25.5 Å². The minimum atomic E-state index is -1.00. The number of allylic oxidation sites excluding steroid dienone is 1. The van der Waals surface area contributed by atoms with Gasteiger partial charge in [0.2, 0.25) is 0 Å². The van der Waals surface area contributed by atoms with Crippen molar-refractivity contribution in [2.75, 3.05) is 20.8 Å². The number of carbonyl (C=O) groups excluding carboxylic acids is 3. The normalized spacial score (nSPS) is 16.6. The fraction of sp³-hybridized carbons (Fsp3) is 0.304. The first kappa shape index (κ1) is 26.7. The molecule has 1 aromatic carbocycles. The van der Waals surface area contributed by atoms with Gasteiger partial charge in [-0.25, -0.2) is 14.6 Å². The number of carbonyl (C=O) groups is 3. The van der Waals surface area contributed by atoms with Crippen molar-refractivity contribution < 1.29 is 28.6 Å². The van der Waals surface area contributed by atoms with E-state index in [-0.39, 0.29) is 39.2 Å². The highest BCUT2D eigenvalue weighted by Gasteiger charge is 2.42. The summed E-state index contributed by atoms with van der Waals surface area (Å²) >= 11 is 14.0. The van der Waals surface area contributed by atoms with E-state index >= 15 is 0 Å². The highest BCUT2D eigenvalue weighted by atomic mass is 35.5. The molecule has 0 bridgehead atoms. The molecule has 12 heteroatoms. The number of nitrogens with zero attached hydrogens (tertiary/aromatic N) is 1. The lowest BCUT2D eigenvalue weighted by Crippen LogP contribution is -2.35. The van der Waals surface area contributed by atoms with Gasteiger partial charge in [0, 0.05) is 18.2 Å². The Morgan fingerprint density at radius 3 is 2.49 bits per heavy atom. The van der Waals surface area contributed by atoms with Crippen molar-refractivity contribution in [3.63, 3.8) is 0 Å². The number of benzene rings is 1. The molecular formula is C23H23Cl2N3O6S.